The normalized spacial score (nSPS) is 20.0. The van der Waals surface area contributed by atoms with Crippen LogP contribution in [0.1, 0.15) is 31.9 Å². The highest BCUT2D eigenvalue weighted by Gasteiger charge is 2.46. The molecule has 0 N–H and O–H groups in total. The second-order valence-corrected chi connectivity index (χ2v) is 13.6. The molecule has 0 amide bonds. The van der Waals surface area contributed by atoms with Crippen LogP contribution in [0.15, 0.2) is 84.2 Å². The van der Waals surface area contributed by atoms with Gasteiger partial charge in [-0.05, 0) is 67.9 Å². The number of hydrogen-bond donors (Lipinski definition) is 0. The first kappa shape index (κ1) is 34.4. The van der Waals surface area contributed by atoms with E-state index in [1.54, 1.807) is 41.5 Å². The van der Waals surface area contributed by atoms with Gasteiger partial charge in [-0.1, -0.05) is 47.8 Å². The quantitative estimate of drug-likeness (QED) is 0.156. The molecule has 2 aliphatic heterocycles. The maximum atomic E-state index is 12.8. The summed E-state index contributed by atoms with van der Waals surface area (Å²) in [7, 11) is 0. The Morgan fingerprint density at radius 3 is 2.24 bits per heavy atom. The molecular formula is C35H37Cl3N8O4. The van der Waals surface area contributed by atoms with Crippen molar-refractivity contribution in [3.63, 3.8) is 0 Å². The molecule has 0 aliphatic carbocycles. The Balaban J connectivity index is 0.947. The second kappa shape index (κ2) is 14.7. The third-order valence-corrected chi connectivity index (χ3v) is 10.0. The topological polar surface area (TPSA) is 105 Å². The molecule has 3 atom stereocenters. The van der Waals surface area contributed by atoms with E-state index < -0.39 is 11.9 Å². The van der Waals surface area contributed by atoms with Crippen molar-refractivity contribution >= 4 is 46.2 Å². The molecule has 0 radical (unpaired) electrons. The van der Waals surface area contributed by atoms with Crippen LogP contribution < -0.4 is 20.2 Å². The van der Waals surface area contributed by atoms with Gasteiger partial charge in [0, 0.05) is 48.1 Å². The van der Waals surface area contributed by atoms with Crippen LogP contribution in [0.3, 0.4) is 0 Å². The van der Waals surface area contributed by atoms with E-state index in [2.05, 4.69) is 37.2 Å². The summed E-state index contributed by atoms with van der Waals surface area (Å²) < 4.78 is 22.0. The van der Waals surface area contributed by atoms with Crippen LogP contribution >= 0.6 is 34.8 Å². The number of aromatic nitrogens is 6. The van der Waals surface area contributed by atoms with Gasteiger partial charge in [-0.2, -0.15) is 20.1 Å². The zero-order valence-electron chi connectivity index (χ0n) is 27.7. The average molecular weight is 740 g/mol. The van der Waals surface area contributed by atoms with Crippen molar-refractivity contribution in [2.45, 2.75) is 44.7 Å². The molecule has 1 unspecified atom stereocenters. The predicted octanol–water partition coefficient (Wildman–Crippen LogP) is 6.23. The lowest BCUT2D eigenvalue weighted by atomic mass is 10.1. The highest BCUT2D eigenvalue weighted by atomic mass is 35.5. The smallest absolute Gasteiger partial charge is 0.350 e. The van der Waals surface area contributed by atoms with Crippen molar-refractivity contribution in [3.8, 4) is 11.4 Å². The van der Waals surface area contributed by atoms with Crippen molar-refractivity contribution in [3.05, 3.63) is 111 Å². The Hall–Kier alpha value is -4.07. The van der Waals surface area contributed by atoms with E-state index >= 15 is 0 Å². The fraction of sp³-hybridized carbons (Fsp3) is 0.371. The van der Waals surface area contributed by atoms with Crippen LogP contribution in [-0.4, -0.2) is 74.8 Å². The van der Waals surface area contributed by atoms with E-state index in [9.17, 15) is 4.79 Å². The Morgan fingerprint density at radius 1 is 0.880 bits per heavy atom. The molecular weight excluding hydrogens is 703 g/mol. The largest absolute Gasteiger partial charge is 0.489 e. The first-order chi connectivity index (χ1) is 24.2. The van der Waals surface area contributed by atoms with Crippen molar-refractivity contribution < 1.29 is 14.2 Å². The summed E-state index contributed by atoms with van der Waals surface area (Å²) in [6.07, 6.45) is 5.21. The zero-order valence-corrected chi connectivity index (χ0v) is 29.9. The van der Waals surface area contributed by atoms with Gasteiger partial charge in [0.2, 0.25) is 5.79 Å². The van der Waals surface area contributed by atoms with Crippen molar-refractivity contribution in [1.29, 1.82) is 0 Å². The van der Waals surface area contributed by atoms with Crippen molar-refractivity contribution in [2.75, 3.05) is 49.2 Å². The van der Waals surface area contributed by atoms with Crippen LogP contribution in [0.5, 0.6) is 5.75 Å². The van der Waals surface area contributed by atoms with Crippen LogP contribution in [0, 0.1) is 0 Å². The minimum atomic E-state index is -1.22. The van der Waals surface area contributed by atoms with E-state index in [1.165, 1.54) is 9.48 Å². The lowest BCUT2D eigenvalue weighted by Crippen LogP contribution is -2.46. The highest BCUT2D eigenvalue weighted by Crippen LogP contribution is 2.41. The summed E-state index contributed by atoms with van der Waals surface area (Å²) in [5.41, 5.74) is 3.44. The lowest BCUT2D eigenvalue weighted by Gasteiger charge is -2.37. The molecule has 0 spiro atoms. The molecule has 2 saturated heterocycles. The summed E-state index contributed by atoms with van der Waals surface area (Å²) in [6.45, 7) is 8.04. The Morgan fingerprint density at radius 2 is 1.56 bits per heavy atom. The summed E-state index contributed by atoms with van der Waals surface area (Å²) in [5.74, 6) is -0.661. The third kappa shape index (κ3) is 7.08. The molecule has 3 aromatic carbocycles. The summed E-state index contributed by atoms with van der Waals surface area (Å²) in [5, 5.41) is 14.2. The van der Waals surface area contributed by atoms with E-state index in [0.29, 0.717) is 26.4 Å². The molecule has 2 fully saturated rings. The third-order valence-electron chi connectivity index (χ3n) is 9.20. The number of ether oxygens (including phenoxy) is 3. The van der Waals surface area contributed by atoms with Gasteiger partial charge in [0.05, 0.1) is 40.8 Å². The number of nitrogens with zero attached hydrogens (tertiary/aromatic N) is 8. The monoisotopic (exact) mass is 738 g/mol. The maximum Gasteiger partial charge on any atom is 0.350 e. The van der Waals surface area contributed by atoms with Gasteiger partial charge in [-0.15, -0.1) is 0 Å². The number of anilines is 2. The van der Waals surface area contributed by atoms with Gasteiger partial charge < -0.3 is 24.0 Å². The Kier molecular flexibility index (Phi) is 10.1. The van der Waals surface area contributed by atoms with E-state index in [4.69, 9.17) is 49.0 Å². The fourth-order valence-corrected chi connectivity index (χ4v) is 7.05. The first-order valence-electron chi connectivity index (χ1n) is 16.5. The molecule has 15 heteroatoms. The van der Waals surface area contributed by atoms with Crippen LogP contribution in [0.2, 0.25) is 15.1 Å². The fourth-order valence-electron chi connectivity index (χ4n) is 6.27. The number of halogens is 3. The molecule has 7 rings (SSSR count). The lowest BCUT2D eigenvalue weighted by molar-refractivity contribution is -0.192. The van der Waals surface area contributed by atoms with Gasteiger partial charge in [0.25, 0.3) is 0 Å². The molecule has 5 aromatic rings. The van der Waals surface area contributed by atoms with Gasteiger partial charge >= 0.3 is 5.69 Å². The Bertz CT molecular complexity index is 1980. The van der Waals surface area contributed by atoms with Gasteiger partial charge in [-0.25, -0.2) is 14.0 Å². The highest BCUT2D eigenvalue weighted by molar-refractivity contribution is 6.35. The molecule has 262 valence electrons. The van der Waals surface area contributed by atoms with Gasteiger partial charge in [0.1, 0.15) is 31.3 Å². The van der Waals surface area contributed by atoms with E-state index in [-0.39, 0.29) is 31.5 Å². The molecule has 12 nitrogen and oxygen atoms in total. The standard InChI is InChI=1S/C35H37Cl3N8O4/c1-3-24(2)46-34(47)44(23-41-46)27-7-5-26(6-8-27)42-14-16-43(17-15-42)28-9-11-33(32(38)19-28)48-20-29-21-49-35(50-29,22-45-39-12-13-40-45)30-10-4-25(36)18-31(30)37/h4-13,18-19,23-24,29H,3,14-17,20-22H2,1-2H3/t24?,29-,35-/m1/s1. The molecule has 4 heterocycles. The molecule has 0 bridgehead atoms. The summed E-state index contributed by atoms with van der Waals surface area (Å²) in [4.78, 5) is 19.0. The van der Waals surface area contributed by atoms with Gasteiger partial charge in [0.15, 0.2) is 0 Å². The van der Waals surface area contributed by atoms with Crippen molar-refractivity contribution in [1.82, 2.24) is 29.3 Å². The average Bonchev–Trinajstić information content (AvgIpc) is 3.89. The summed E-state index contributed by atoms with van der Waals surface area (Å²) >= 11 is 19.5. The number of piperazine rings is 1. The summed E-state index contributed by atoms with van der Waals surface area (Å²) in [6, 6.07) is 19.1. The zero-order chi connectivity index (χ0) is 34.8. The minimum absolute atomic E-state index is 0.0550. The molecule has 50 heavy (non-hydrogen) atoms. The number of benzene rings is 3. The minimum Gasteiger partial charge on any atom is -0.489 e. The Labute approximate surface area is 304 Å². The number of hydrogen-bond acceptors (Lipinski definition) is 9. The molecule has 0 saturated carbocycles. The van der Waals surface area contributed by atoms with Gasteiger partial charge in [-0.3, -0.25) is 0 Å². The predicted molar refractivity (Wildman–Crippen MR) is 193 cm³/mol. The van der Waals surface area contributed by atoms with Crippen LogP contribution in [0.25, 0.3) is 5.69 Å². The van der Waals surface area contributed by atoms with Crippen LogP contribution in [0.4, 0.5) is 11.4 Å². The van der Waals surface area contributed by atoms with E-state index in [1.807, 2.05) is 44.2 Å². The maximum absolute atomic E-state index is 12.8. The number of rotatable bonds is 11. The first-order valence-corrected chi connectivity index (χ1v) is 17.7. The molecule has 2 aliphatic rings. The molecule has 2 aromatic heterocycles. The SMILES string of the molecule is CCC(C)n1ncn(-c2ccc(N3CCN(c4ccc(OC[C@@H]5CO[C@@](Cn6nccn6)(c6ccc(Cl)cc6Cl)O5)c(Cl)c4)CC3)cc2)c1=O. The van der Waals surface area contributed by atoms with Crippen LogP contribution in [-0.2, 0) is 21.8 Å². The van der Waals surface area contributed by atoms with E-state index in [0.717, 1.165) is 49.7 Å². The second-order valence-electron chi connectivity index (χ2n) is 12.4. The van der Waals surface area contributed by atoms with Crippen molar-refractivity contribution in [2.24, 2.45) is 0 Å².